The lowest BCUT2D eigenvalue weighted by Gasteiger charge is -2.01. The van der Waals surface area contributed by atoms with Crippen molar-refractivity contribution in [2.75, 3.05) is 6.61 Å². The van der Waals surface area contributed by atoms with Crippen molar-refractivity contribution in [3.8, 4) is 0 Å². The fourth-order valence-electron chi connectivity index (χ4n) is 1.27. The van der Waals surface area contributed by atoms with E-state index in [1.165, 1.54) is 4.68 Å². The molecule has 0 saturated carbocycles. The lowest BCUT2D eigenvalue weighted by Crippen LogP contribution is -2.14. The van der Waals surface area contributed by atoms with Crippen LogP contribution in [-0.4, -0.2) is 32.6 Å². The number of carbonyl (C=O) groups excluding carboxylic acids is 1. The molecule has 0 atom stereocenters. The van der Waals surface area contributed by atoms with E-state index in [1.54, 1.807) is 25.4 Å². The molecule has 0 radical (unpaired) electrons. The summed E-state index contributed by atoms with van der Waals surface area (Å²) in [5.74, 6) is -0.318. The molecule has 2 aromatic rings. The number of ether oxygens (including phenoxy) is 1. The smallest absolute Gasteiger partial charge is 0.327 e. The molecule has 2 aromatic heterocycles. The number of rotatable bonds is 3. The predicted molar refractivity (Wildman–Crippen MR) is 52.0 cm³/mol. The molecule has 0 aliphatic carbocycles. The van der Waals surface area contributed by atoms with Gasteiger partial charge < -0.3 is 4.74 Å². The highest BCUT2D eigenvalue weighted by molar-refractivity contribution is 5.76. The SMILES string of the molecule is CCOC(=O)Cn1nnc2cnccc21. The van der Waals surface area contributed by atoms with Gasteiger partial charge in [-0.05, 0) is 13.0 Å². The standard InChI is InChI=1S/C9H10N4O2/c1-2-15-9(14)6-13-8-3-4-10-5-7(8)11-12-13/h3-5H,2,6H2,1H3. The molecule has 15 heavy (non-hydrogen) atoms. The first-order chi connectivity index (χ1) is 7.31. The molecular weight excluding hydrogens is 196 g/mol. The van der Waals surface area contributed by atoms with Crippen LogP contribution in [0.5, 0.6) is 0 Å². The maximum absolute atomic E-state index is 11.2. The van der Waals surface area contributed by atoms with Gasteiger partial charge in [-0.15, -0.1) is 5.10 Å². The molecule has 0 fully saturated rings. The van der Waals surface area contributed by atoms with Crippen LogP contribution in [0.4, 0.5) is 0 Å². The molecular formula is C9H10N4O2. The zero-order chi connectivity index (χ0) is 10.7. The van der Waals surface area contributed by atoms with Crippen molar-refractivity contribution in [1.29, 1.82) is 0 Å². The van der Waals surface area contributed by atoms with E-state index in [1.807, 2.05) is 0 Å². The van der Waals surface area contributed by atoms with Gasteiger partial charge in [0.2, 0.25) is 0 Å². The Morgan fingerprint density at radius 2 is 2.47 bits per heavy atom. The Labute approximate surface area is 85.9 Å². The number of nitrogens with zero attached hydrogens (tertiary/aromatic N) is 4. The minimum Gasteiger partial charge on any atom is -0.465 e. The summed E-state index contributed by atoms with van der Waals surface area (Å²) in [5.41, 5.74) is 1.44. The van der Waals surface area contributed by atoms with E-state index in [0.717, 1.165) is 5.52 Å². The van der Waals surface area contributed by atoms with Crippen LogP contribution in [0.3, 0.4) is 0 Å². The summed E-state index contributed by atoms with van der Waals surface area (Å²) < 4.78 is 6.32. The Morgan fingerprint density at radius 3 is 3.27 bits per heavy atom. The molecule has 0 spiro atoms. The molecule has 6 nitrogen and oxygen atoms in total. The zero-order valence-electron chi connectivity index (χ0n) is 8.25. The molecule has 0 amide bonds. The van der Waals surface area contributed by atoms with Crippen molar-refractivity contribution in [3.05, 3.63) is 18.5 Å². The van der Waals surface area contributed by atoms with Crippen molar-refractivity contribution < 1.29 is 9.53 Å². The van der Waals surface area contributed by atoms with Crippen molar-refractivity contribution in [3.63, 3.8) is 0 Å². The maximum Gasteiger partial charge on any atom is 0.327 e. The summed E-state index contributed by atoms with van der Waals surface area (Å²) in [6, 6.07) is 1.76. The van der Waals surface area contributed by atoms with Crippen LogP contribution in [0.15, 0.2) is 18.5 Å². The average Bonchev–Trinajstić information content (AvgIpc) is 2.62. The fourth-order valence-corrected chi connectivity index (χ4v) is 1.27. The summed E-state index contributed by atoms with van der Waals surface area (Å²) in [6.07, 6.45) is 3.23. The van der Waals surface area contributed by atoms with E-state index in [-0.39, 0.29) is 12.5 Å². The van der Waals surface area contributed by atoms with Gasteiger partial charge in [-0.25, -0.2) is 4.68 Å². The minimum absolute atomic E-state index is 0.0777. The number of pyridine rings is 1. The third-order valence-electron chi connectivity index (χ3n) is 1.90. The van der Waals surface area contributed by atoms with Crippen LogP contribution in [0.2, 0.25) is 0 Å². The van der Waals surface area contributed by atoms with Gasteiger partial charge >= 0.3 is 5.97 Å². The van der Waals surface area contributed by atoms with E-state index >= 15 is 0 Å². The Balaban J connectivity index is 2.25. The topological polar surface area (TPSA) is 69.9 Å². The monoisotopic (exact) mass is 206 g/mol. The van der Waals surface area contributed by atoms with Crippen molar-refractivity contribution in [2.45, 2.75) is 13.5 Å². The quantitative estimate of drug-likeness (QED) is 0.679. The third-order valence-corrected chi connectivity index (χ3v) is 1.90. The molecule has 0 N–H and O–H groups in total. The first kappa shape index (κ1) is 9.57. The lowest BCUT2D eigenvalue weighted by atomic mass is 10.4. The van der Waals surface area contributed by atoms with Gasteiger partial charge in [-0.2, -0.15) is 0 Å². The lowest BCUT2D eigenvalue weighted by molar-refractivity contribution is -0.143. The molecule has 6 heteroatoms. The van der Waals surface area contributed by atoms with Crippen LogP contribution < -0.4 is 0 Å². The molecule has 0 unspecified atom stereocenters. The second-order valence-electron chi connectivity index (χ2n) is 2.92. The second-order valence-corrected chi connectivity index (χ2v) is 2.92. The van der Waals surface area contributed by atoms with Gasteiger partial charge in [0.15, 0.2) is 0 Å². The van der Waals surface area contributed by atoms with Crippen LogP contribution >= 0.6 is 0 Å². The summed E-state index contributed by atoms with van der Waals surface area (Å²) in [5, 5.41) is 7.72. The van der Waals surface area contributed by atoms with Crippen molar-refractivity contribution in [2.24, 2.45) is 0 Å². The second kappa shape index (κ2) is 4.04. The number of aromatic nitrogens is 4. The number of esters is 1. The van der Waals surface area contributed by atoms with Crippen molar-refractivity contribution >= 4 is 17.0 Å². The van der Waals surface area contributed by atoms with Gasteiger partial charge in [0.25, 0.3) is 0 Å². The van der Waals surface area contributed by atoms with Gasteiger partial charge in [-0.3, -0.25) is 9.78 Å². The van der Waals surface area contributed by atoms with E-state index in [2.05, 4.69) is 15.3 Å². The molecule has 0 aromatic carbocycles. The average molecular weight is 206 g/mol. The van der Waals surface area contributed by atoms with E-state index in [4.69, 9.17) is 4.74 Å². The van der Waals surface area contributed by atoms with Crippen LogP contribution in [0, 0.1) is 0 Å². The molecule has 0 aliphatic rings. The zero-order valence-corrected chi connectivity index (χ0v) is 8.25. The van der Waals surface area contributed by atoms with Crippen LogP contribution in [-0.2, 0) is 16.1 Å². The number of hydrogen-bond acceptors (Lipinski definition) is 5. The van der Waals surface area contributed by atoms with Gasteiger partial charge in [0.1, 0.15) is 12.1 Å². The summed E-state index contributed by atoms with van der Waals surface area (Å²) >= 11 is 0. The molecule has 2 heterocycles. The summed E-state index contributed by atoms with van der Waals surface area (Å²) in [7, 11) is 0. The molecule has 78 valence electrons. The summed E-state index contributed by atoms with van der Waals surface area (Å²) in [6.45, 7) is 2.21. The Morgan fingerprint density at radius 1 is 1.60 bits per heavy atom. The highest BCUT2D eigenvalue weighted by Gasteiger charge is 2.08. The number of hydrogen-bond donors (Lipinski definition) is 0. The van der Waals surface area contributed by atoms with Gasteiger partial charge in [-0.1, -0.05) is 5.21 Å². The highest BCUT2D eigenvalue weighted by atomic mass is 16.5. The number of fused-ring (bicyclic) bond motifs is 1. The van der Waals surface area contributed by atoms with E-state index in [0.29, 0.717) is 12.1 Å². The van der Waals surface area contributed by atoms with Gasteiger partial charge in [0, 0.05) is 6.20 Å². The highest BCUT2D eigenvalue weighted by Crippen LogP contribution is 2.07. The minimum atomic E-state index is -0.318. The molecule has 0 aliphatic heterocycles. The Kier molecular flexibility index (Phi) is 2.57. The Bertz CT molecular complexity index is 480. The Hall–Kier alpha value is -1.98. The van der Waals surface area contributed by atoms with Crippen molar-refractivity contribution in [1.82, 2.24) is 20.0 Å². The fraction of sp³-hybridized carbons (Fsp3) is 0.333. The first-order valence-corrected chi connectivity index (χ1v) is 4.60. The molecule has 0 bridgehead atoms. The predicted octanol–water partition coefficient (Wildman–Crippen LogP) is 0.389. The molecule has 2 rings (SSSR count). The maximum atomic E-state index is 11.2. The van der Waals surface area contributed by atoms with Crippen LogP contribution in [0.25, 0.3) is 11.0 Å². The van der Waals surface area contributed by atoms with E-state index in [9.17, 15) is 4.79 Å². The first-order valence-electron chi connectivity index (χ1n) is 4.60. The third kappa shape index (κ3) is 1.93. The normalized spacial score (nSPS) is 10.5. The summed E-state index contributed by atoms with van der Waals surface area (Å²) in [4.78, 5) is 15.1. The van der Waals surface area contributed by atoms with Crippen LogP contribution in [0.1, 0.15) is 6.92 Å². The number of carbonyl (C=O) groups is 1. The van der Waals surface area contributed by atoms with E-state index < -0.39 is 0 Å². The van der Waals surface area contributed by atoms with Gasteiger partial charge in [0.05, 0.1) is 18.3 Å². The molecule has 0 saturated heterocycles. The largest absolute Gasteiger partial charge is 0.465 e.